The van der Waals surface area contributed by atoms with Gasteiger partial charge in [-0.2, -0.15) is 4.31 Å². The first-order valence-electron chi connectivity index (χ1n) is 10.0. The van der Waals surface area contributed by atoms with Crippen LogP contribution in [0.2, 0.25) is 5.02 Å². The Balaban J connectivity index is 2.19. The van der Waals surface area contributed by atoms with Crippen molar-refractivity contribution in [3.8, 4) is 0 Å². The number of amides is 1. The first kappa shape index (κ1) is 26.1. The molecule has 0 bridgehead atoms. The van der Waals surface area contributed by atoms with Crippen molar-refractivity contribution in [1.29, 1.82) is 0 Å². The number of aliphatic hydroxyl groups is 1. The van der Waals surface area contributed by atoms with Crippen LogP contribution in [0.3, 0.4) is 0 Å². The third kappa shape index (κ3) is 6.46. The maximum atomic E-state index is 13.3. The number of aliphatic hydroxyl groups excluding tert-OH is 1. The summed E-state index contributed by atoms with van der Waals surface area (Å²) in [5.41, 5.74) is 0.207. The van der Waals surface area contributed by atoms with E-state index < -0.39 is 22.2 Å². The van der Waals surface area contributed by atoms with Crippen molar-refractivity contribution in [2.75, 3.05) is 33.9 Å². The number of rotatable bonds is 11. The van der Waals surface area contributed by atoms with E-state index in [1.54, 1.807) is 14.0 Å². The highest BCUT2D eigenvalue weighted by Crippen LogP contribution is 2.23. The number of halogens is 1. The van der Waals surface area contributed by atoms with Crippen LogP contribution in [0.25, 0.3) is 0 Å². The van der Waals surface area contributed by atoms with Crippen LogP contribution < -0.4 is 0 Å². The number of likely N-dealkylation sites (N-methyl/N-ethyl adjacent to an activating group) is 1. The highest BCUT2D eigenvalue weighted by molar-refractivity contribution is 7.89. The minimum atomic E-state index is -3.89. The van der Waals surface area contributed by atoms with Crippen LogP contribution in [0.4, 0.5) is 0 Å². The largest absolute Gasteiger partial charge is 0.395 e. The van der Waals surface area contributed by atoms with E-state index in [1.165, 1.54) is 59.2 Å². The summed E-state index contributed by atoms with van der Waals surface area (Å²) < 4.78 is 33.3. The molecule has 0 spiro atoms. The molecule has 0 saturated heterocycles. The highest BCUT2D eigenvalue weighted by atomic mass is 35.5. The smallest absolute Gasteiger partial charge is 0.273 e. The zero-order chi connectivity index (χ0) is 23.9. The van der Waals surface area contributed by atoms with Crippen LogP contribution in [0.1, 0.15) is 24.3 Å². The first-order chi connectivity index (χ1) is 15.1. The Bertz CT molecular complexity index is 975. The van der Waals surface area contributed by atoms with Crippen LogP contribution >= 0.6 is 11.6 Å². The van der Waals surface area contributed by atoms with Gasteiger partial charge in [0.05, 0.1) is 23.8 Å². The molecule has 11 heteroatoms. The Labute approximate surface area is 194 Å². The summed E-state index contributed by atoms with van der Waals surface area (Å²) in [4.78, 5) is 22.0. The van der Waals surface area contributed by atoms with Gasteiger partial charge in [0.1, 0.15) is 5.69 Å². The van der Waals surface area contributed by atoms with Crippen molar-refractivity contribution >= 4 is 27.5 Å². The summed E-state index contributed by atoms with van der Waals surface area (Å²) in [6.07, 6.45) is 3.84. The molecule has 0 aliphatic heterocycles. The van der Waals surface area contributed by atoms with Gasteiger partial charge in [0.25, 0.3) is 5.91 Å². The monoisotopic (exact) mass is 484 g/mol. The second-order valence-electron chi connectivity index (χ2n) is 7.59. The van der Waals surface area contributed by atoms with Crippen molar-refractivity contribution in [2.45, 2.75) is 30.9 Å². The molecule has 1 amide bonds. The molecule has 0 aliphatic rings. The lowest BCUT2D eigenvalue weighted by atomic mass is 10.0. The summed E-state index contributed by atoms with van der Waals surface area (Å²) in [6.45, 7) is 3.42. The molecule has 2 rings (SSSR count). The Morgan fingerprint density at radius 1 is 1.19 bits per heavy atom. The molecule has 0 radical (unpaired) electrons. The van der Waals surface area contributed by atoms with Crippen molar-refractivity contribution in [2.24, 2.45) is 5.92 Å². The lowest BCUT2D eigenvalue weighted by Gasteiger charge is -2.33. The molecule has 0 fully saturated rings. The molecule has 3 atom stereocenters. The number of methoxy groups -OCH3 is 1. The van der Waals surface area contributed by atoms with Crippen LogP contribution in [0, 0.1) is 5.92 Å². The van der Waals surface area contributed by atoms with E-state index in [0.717, 1.165) is 0 Å². The fraction of sp³-hybridized carbons (Fsp3) is 0.476. The molecule has 0 saturated carbocycles. The van der Waals surface area contributed by atoms with Gasteiger partial charge in [0.15, 0.2) is 0 Å². The number of benzene rings is 1. The predicted molar refractivity (Wildman–Crippen MR) is 121 cm³/mol. The third-order valence-corrected chi connectivity index (χ3v) is 7.41. The predicted octanol–water partition coefficient (Wildman–Crippen LogP) is 1.92. The Morgan fingerprint density at radius 2 is 1.84 bits per heavy atom. The normalized spacial score (nSPS) is 14.7. The van der Waals surface area contributed by atoms with Gasteiger partial charge in [0.2, 0.25) is 10.0 Å². The van der Waals surface area contributed by atoms with Gasteiger partial charge in [-0.25, -0.2) is 13.4 Å². The molecule has 1 N–H and O–H groups in total. The van der Waals surface area contributed by atoms with Gasteiger partial charge >= 0.3 is 0 Å². The Hall–Kier alpha value is -2.11. The first-order valence-corrected chi connectivity index (χ1v) is 11.9. The summed E-state index contributed by atoms with van der Waals surface area (Å²) >= 11 is 5.89. The average molecular weight is 485 g/mol. The number of nitrogens with zero attached hydrogens (tertiary/aromatic N) is 4. The van der Waals surface area contributed by atoms with E-state index in [-0.39, 0.29) is 42.1 Å². The molecule has 1 aromatic heterocycles. The second-order valence-corrected chi connectivity index (χ2v) is 9.91. The molecule has 32 heavy (non-hydrogen) atoms. The second kappa shape index (κ2) is 11.7. The van der Waals surface area contributed by atoms with E-state index in [2.05, 4.69) is 9.97 Å². The molecule has 0 unspecified atom stereocenters. The molecule has 176 valence electrons. The summed E-state index contributed by atoms with van der Waals surface area (Å²) in [5, 5.41) is 10.1. The molecule has 9 nitrogen and oxygen atoms in total. The van der Waals surface area contributed by atoms with Crippen molar-refractivity contribution in [3.05, 3.63) is 53.6 Å². The molecular formula is C21H29ClN4O5S. The van der Waals surface area contributed by atoms with Crippen LogP contribution in [0.5, 0.6) is 0 Å². The number of carbonyl (C=O) groups excluding carboxylic acids is 1. The van der Waals surface area contributed by atoms with E-state index in [9.17, 15) is 18.3 Å². The topological polar surface area (TPSA) is 113 Å². The standard InChI is InChI=1S/C21H29ClN4O5S/c1-15(20(31-4)13-25(3)21(28)19-11-23-9-10-24-19)12-26(16(2)14-27)32(29,30)18-7-5-17(22)6-8-18/h5-11,15-16,20,27H,12-14H2,1-4H3/t15-,16-,20-/m0/s1. The quantitative estimate of drug-likeness (QED) is 0.518. The van der Waals surface area contributed by atoms with Crippen molar-refractivity contribution in [1.82, 2.24) is 19.2 Å². The van der Waals surface area contributed by atoms with Gasteiger partial charge in [-0.15, -0.1) is 0 Å². The van der Waals surface area contributed by atoms with Gasteiger partial charge in [-0.05, 0) is 37.1 Å². The zero-order valence-electron chi connectivity index (χ0n) is 18.6. The number of hydrogen-bond acceptors (Lipinski definition) is 7. The SMILES string of the molecule is CO[C@@H](CN(C)C(=O)c1cnccn1)[C@@H](C)CN([C@@H](C)CO)S(=O)(=O)c1ccc(Cl)cc1. The van der Waals surface area contributed by atoms with Crippen molar-refractivity contribution < 1.29 is 23.1 Å². The zero-order valence-corrected chi connectivity index (χ0v) is 20.1. The van der Waals surface area contributed by atoms with E-state index in [1.807, 2.05) is 6.92 Å². The lowest BCUT2D eigenvalue weighted by molar-refractivity contribution is 0.0219. The third-order valence-electron chi connectivity index (χ3n) is 5.16. The van der Waals surface area contributed by atoms with Gasteiger partial charge in [-0.1, -0.05) is 18.5 Å². The van der Waals surface area contributed by atoms with Gasteiger partial charge in [0, 0.05) is 50.7 Å². The molecule has 0 aliphatic carbocycles. The Morgan fingerprint density at radius 3 is 2.38 bits per heavy atom. The van der Waals surface area contributed by atoms with Crippen LogP contribution in [0.15, 0.2) is 47.8 Å². The summed E-state index contributed by atoms with van der Waals surface area (Å²) in [7, 11) is -0.765. The number of hydrogen-bond donors (Lipinski definition) is 1. The molecule has 2 aromatic rings. The fourth-order valence-electron chi connectivity index (χ4n) is 3.19. The number of aromatic nitrogens is 2. The van der Waals surface area contributed by atoms with Gasteiger partial charge in [-0.3, -0.25) is 9.78 Å². The maximum absolute atomic E-state index is 13.3. The fourth-order valence-corrected chi connectivity index (χ4v) is 5.04. The molecule has 1 heterocycles. The Kier molecular flexibility index (Phi) is 9.53. The number of ether oxygens (including phenoxy) is 1. The average Bonchev–Trinajstić information content (AvgIpc) is 2.80. The highest BCUT2D eigenvalue weighted by Gasteiger charge is 2.33. The van der Waals surface area contributed by atoms with Crippen LogP contribution in [-0.4, -0.2) is 84.6 Å². The van der Waals surface area contributed by atoms with Gasteiger partial charge < -0.3 is 14.7 Å². The molecule has 1 aromatic carbocycles. The lowest BCUT2D eigenvalue weighted by Crippen LogP contribution is -2.47. The molecular weight excluding hydrogens is 456 g/mol. The van der Waals surface area contributed by atoms with E-state index in [0.29, 0.717) is 5.02 Å². The van der Waals surface area contributed by atoms with E-state index in [4.69, 9.17) is 16.3 Å². The minimum absolute atomic E-state index is 0.0817. The van der Waals surface area contributed by atoms with Crippen LogP contribution in [-0.2, 0) is 14.8 Å². The van der Waals surface area contributed by atoms with Crippen molar-refractivity contribution in [3.63, 3.8) is 0 Å². The number of sulfonamides is 1. The number of carbonyl (C=O) groups is 1. The maximum Gasteiger partial charge on any atom is 0.273 e. The summed E-state index contributed by atoms with van der Waals surface area (Å²) in [6, 6.07) is 5.21. The summed E-state index contributed by atoms with van der Waals surface area (Å²) in [5.74, 6) is -0.616. The van der Waals surface area contributed by atoms with E-state index >= 15 is 0 Å². The minimum Gasteiger partial charge on any atom is -0.395 e.